The molecule has 4 rings (SSSR count). The molecule has 0 N–H and O–H groups in total. The molecule has 160 valence electrons. The van der Waals surface area contributed by atoms with E-state index in [-0.39, 0.29) is 34.6 Å². The third-order valence-electron chi connectivity index (χ3n) is 4.81. The number of hydrogen-bond donors (Lipinski definition) is 0. The molecule has 2 aromatic carbocycles. The number of ether oxygens (including phenoxy) is 2. The van der Waals surface area contributed by atoms with Gasteiger partial charge in [-0.25, -0.2) is 14.2 Å². The van der Waals surface area contributed by atoms with Crippen LogP contribution in [0.15, 0.2) is 29.1 Å². The van der Waals surface area contributed by atoms with Gasteiger partial charge in [0.15, 0.2) is 17.3 Å². The summed E-state index contributed by atoms with van der Waals surface area (Å²) in [6.45, 7) is 5.70. The largest absolute Gasteiger partial charge is 0.479 e. The summed E-state index contributed by atoms with van der Waals surface area (Å²) in [6, 6.07) is 7.22. The Morgan fingerprint density at radius 2 is 1.84 bits per heavy atom. The molecule has 0 amide bonds. The number of aryl methyl sites for hydroxylation is 2. The van der Waals surface area contributed by atoms with E-state index in [1.807, 2.05) is 26.0 Å². The predicted molar refractivity (Wildman–Crippen MR) is 124 cm³/mol. The van der Waals surface area contributed by atoms with Gasteiger partial charge >= 0.3 is 5.97 Å². The van der Waals surface area contributed by atoms with Crippen LogP contribution in [0.25, 0.3) is 22.1 Å². The number of aromatic nitrogens is 2. The van der Waals surface area contributed by atoms with Crippen molar-refractivity contribution >= 4 is 62.6 Å². The Hall–Kier alpha value is -2.61. The van der Waals surface area contributed by atoms with E-state index in [0.717, 1.165) is 22.2 Å². The second-order valence-corrected chi connectivity index (χ2v) is 8.80. The van der Waals surface area contributed by atoms with Gasteiger partial charge in [-0.3, -0.25) is 4.79 Å². The highest BCUT2D eigenvalue weighted by atomic mass is 35.5. The van der Waals surface area contributed by atoms with Crippen LogP contribution >= 0.6 is 34.5 Å². The SMILES string of the molecule is CCOC(=O)COc1c(Cl)cc(/C=c2\sc3nc4cc(C)c(C)cc4n3c2=O)cc1Cl. The molecule has 2 aromatic heterocycles. The van der Waals surface area contributed by atoms with Gasteiger partial charge in [0.1, 0.15) is 0 Å². The number of imidazole rings is 1. The number of nitrogens with zero attached hydrogens (tertiary/aromatic N) is 2. The maximum absolute atomic E-state index is 13.0. The Morgan fingerprint density at radius 1 is 1.16 bits per heavy atom. The quantitative estimate of drug-likeness (QED) is 0.401. The van der Waals surface area contributed by atoms with Crippen molar-refractivity contribution in [2.45, 2.75) is 20.8 Å². The van der Waals surface area contributed by atoms with E-state index in [0.29, 0.717) is 15.1 Å². The molecule has 2 heterocycles. The minimum Gasteiger partial charge on any atom is -0.479 e. The molecule has 0 saturated heterocycles. The van der Waals surface area contributed by atoms with Gasteiger partial charge in [-0.2, -0.15) is 0 Å². The zero-order valence-electron chi connectivity index (χ0n) is 17.0. The second-order valence-electron chi connectivity index (χ2n) is 6.98. The van der Waals surface area contributed by atoms with Crippen LogP contribution in [0.2, 0.25) is 10.0 Å². The number of carbonyl (C=O) groups excluding carboxylic acids is 1. The van der Waals surface area contributed by atoms with Crippen LogP contribution in [0.4, 0.5) is 0 Å². The second kappa shape index (κ2) is 8.49. The third kappa shape index (κ3) is 4.13. The normalized spacial score (nSPS) is 12.1. The van der Waals surface area contributed by atoms with Crippen LogP contribution < -0.4 is 14.8 Å². The van der Waals surface area contributed by atoms with Gasteiger partial charge in [0.2, 0.25) is 0 Å². The van der Waals surface area contributed by atoms with Crippen LogP contribution in [-0.4, -0.2) is 28.6 Å². The molecule has 6 nitrogen and oxygen atoms in total. The summed E-state index contributed by atoms with van der Waals surface area (Å²) >= 11 is 13.9. The van der Waals surface area contributed by atoms with Gasteiger partial charge in [-0.15, -0.1) is 0 Å². The highest BCUT2D eigenvalue weighted by molar-refractivity contribution is 7.15. The summed E-state index contributed by atoms with van der Waals surface area (Å²) in [5, 5.41) is 0.460. The smallest absolute Gasteiger partial charge is 0.344 e. The van der Waals surface area contributed by atoms with Crippen molar-refractivity contribution in [1.29, 1.82) is 0 Å². The monoisotopic (exact) mass is 476 g/mol. The Kier molecular flexibility index (Phi) is 5.92. The van der Waals surface area contributed by atoms with Crippen LogP contribution in [0.3, 0.4) is 0 Å². The molecular formula is C22H18Cl2N2O4S. The molecule has 0 aliphatic heterocycles. The number of thiazole rings is 1. The molecule has 0 spiro atoms. The molecular weight excluding hydrogens is 459 g/mol. The molecule has 0 aliphatic carbocycles. The molecule has 0 bridgehead atoms. The van der Waals surface area contributed by atoms with Crippen molar-refractivity contribution in [3.63, 3.8) is 0 Å². The zero-order chi connectivity index (χ0) is 22.3. The predicted octanol–water partition coefficient (Wildman–Crippen LogP) is 4.32. The summed E-state index contributed by atoms with van der Waals surface area (Å²) in [5.74, 6) is -0.324. The maximum atomic E-state index is 13.0. The molecule has 0 aliphatic rings. The number of halogens is 2. The number of carbonyl (C=O) groups is 1. The van der Waals surface area contributed by atoms with E-state index >= 15 is 0 Å². The fourth-order valence-corrected chi connectivity index (χ4v) is 4.80. The average molecular weight is 477 g/mol. The summed E-state index contributed by atoms with van der Waals surface area (Å²) in [6.07, 6.45) is 1.71. The lowest BCUT2D eigenvalue weighted by Crippen LogP contribution is -2.22. The van der Waals surface area contributed by atoms with E-state index in [1.165, 1.54) is 11.3 Å². The van der Waals surface area contributed by atoms with Crippen molar-refractivity contribution in [2.24, 2.45) is 0 Å². The van der Waals surface area contributed by atoms with Crippen molar-refractivity contribution in [3.05, 3.63) is 65.9 Å². The highest BCUT2D eigenvalue weighted by Crippen LogP contribution is 2.34. The standard InChI is InChI=1S/C22H18Cl2N2O4S/c1-4-29-19(27)10-30-20-14(23)7-13(8-15(20)24)9-18-21(28)26-17-6-12(3)11(2)5-16(17)25-22(26)31-18/h5-9H,4,10H2,1-3H3/b18-9-. The number of benzene rings is 2. The average Bonchev–Trinajstić information content (AvgIpc) is 3.18. The number of esters is 1. The Morgan fingerprint density at radius 3 is 2.52 bits per heavy atom. The topological polar surface area (TPSA) is 69.9 Å². The van der Waals surface area contributed by atoms with E-state index in [1.54, 1.807) is 29.5 Å². The van der Waals surface area contributed by atoms with Crippen LogP contribution in [0.1, 0.15) is 23.6 Å². The van der Waals surface area contributed by atoms with Crippen molar-refractivity contribution < 1.29 is 14.3 Å². The molecule has 31 heavy (non-hydrogen) atoms. The number of fused-ring (bicyclic) bond motifs is 3. The third-order valence-corrected chi connectivity index (χ3v) is 6.34. The fourth-order valence-electron chi connectivity index (χ4n) is 3.20. The summed E-state index contributed by atoms with van der Waals surface area (Å²) in [5.41, 5.74) is 4.30. The fraction of sp³-hybridized carbons (Fsp3) is 0.227. The molecule has 4 aromatic rings. The van der Waals surface area contributed by atoms with Crippen LogP contribution in [0, 0.1) is 13.8 Å². The van der Waals surface area contributed by atoms with Crippen LogP contribution in [-0.2, 0) is 9.53 Å². The van der Waals surface area contributed by atoms with Gasteiger partial charge in [-0.05, 0) is 67.8 Å². The first-order valence-corrected chi connectivity index (χ1v) is 11.1. The summed E-state index contributed by atoms with van der Waals surface area (Å²) in [7, 11) is 0. The van der Waals surface area contributed by atoms with E-state index < -0.39 is 5.97 Å². The lowest BCUT2D eigenvalue weighted by molar-refractivity contribution is -0.145. The van der Waals surface area contributed by atoms with Gasteiger partial charge in [0.05, 0.1) is 32.2 Å². The molecule has 0 unspecified atom stereocenters. The molecule has 0 saturated carbocycles. The van der Waals surface area contributed by atoms with Gasteiger partial charge in [0, 0.05) is 0 Å². The summed E-state index contributed by atoms with van der Waals surface area (Å²) < 4.78 is 12.3. The van der Waals surface area contributed by atoms with Crippen LogP contribution in [0.5, 0.6) is 5.75 Å². The highest BCUT2D eigenvalue weighted by Gasteiger charge is 2.14. The number of rotatable bonds is 5. The molecule has 0 atom stereocenters. The van der Waals surface area contributed by atoms with E-state index in [2.05, 4.69) is 4.98 Å². The van der Waals surface area contributed by atoms with Gasteiger partial charge in [0.25, 0.3) is 5.56 Å². The number of hydrogen-bond acceptors (Lipinski definition) is 6. The zero-order valence-corrected chi connectivity index (χ0v) is 19.3. The Balaban J connectivity index is 1.73. The molecule has 0 fully saturated rings. The maximum Gasteiger partial charge on any atom is 0.344 e. The minimum atomic E-state index is -0.513. The minimum absolute atomic E-state index is 0.152. The van der Waals surface area contributed by atoms with Gasteiger partial charge < -0.3 is 9.47 Å². The van der Waals surface area contributed by atoms with Crippen molar-refractivity contribution in [1.82, 2.24) is 9.38 Å². The first-order chi connectivity index (χ1) is 14.8. The summed E-state index contributed by atoms with van der Waals surface area (Å²) in [4.78, 5) is 29.8. The van der Waals surface area contributed by atoms with Crippen molar-refractivity contribution in [3.8, 4) is 5.75 Å². The lowest BCUT2D eigenvalue weighted by atomic mass is 10.1. The molecule has 0 radical (unpaired) electrons. The van der Waals surface area contributed by atoms with E-state index in [4.69, 9.17) is 32.7 Å². The molecule has 9 heteroatoms. The van der Waals surface area contributed by atoms with Gasteiger partial charge in [-0.1, -0.05) is 34.5 Å². The Bertz CT molecular complexity index is 1420. The van der Waals surface area contributed by atoms with Crippen molar-refractivity contribution in [2.75, 3.05) is 13.2 Å². The lowest BCUT2D eigenvalue weighted by Gasteiger charge is -2.10. The van der Waals surface area contributed by atoms with E-state index in [9.17, 15) is 9.59 Å². The first kappa shape index (κ1) is 21.6. The first-order valence-electron chi connectivity index (χ1n) is 9.50. The Labute approximate surface area is 191 Å².